The van der Waals surface area contributed by atoms with Crippen molar-refractivity contribution >= 4 is 44.5 Å². The summed E-state index contributed by atoms with van der Waals surface area (Å²) < 4.78 is 1.03. The third kappa shape index (κ3) is 3.33. The largest absolute Gasteiger partial charge is 0.389 e. The molecule has 0 atom stereocenters. The lowest BCUT2D eigenvalue weighted by Gasteiger charge is -2.14. The van der Waals surface area contributed by atoms with Gasteiger partial charge in [-0.15, -0.1) is 0 Å². The lowest BCUT2D eigenvalue weighted by molar-refractivity contribution is 1.39. The van der Waals surface area contributed by atoms with Gasteiger partial charge in [0, 0.05) is 21.4 Å². The molecule has 0 aliphatic rings. The first-order valence-electron chi connectivity index (χ1n) is 5.91. The Morgan fingerprint density at radius 1 is 1.11 bits per heavy atom. The number of aryl methyl sites for hydroxylation is 2. The minimum Gasteiger partial charge on any atom is -0.389 e. The van der Waals surface area contributed by atoms with Crippen molar-refractivity contribution in [1.82, 2.24) is 0 Å². The molecule has 2 rings (SSSR count). The zero-order valence-corrected chi connectivity index (χ0v) is 13.2. The van der Waals surface area contributed by atoms with Gasteiger partial charge in [0.05, 0.1) is 0 Å². The number of thiocarbonyl (C=S) groups is 1. The average molecular weight is 335 g/mol. The number of anilines is 2. The molecule has 0 spiro atoms. The number of halogens is 1. The van der Waals surface area contributed by atoms with Crippen molar-refractivity contribution in [2.45, 2.75) is 13.8 Å². The molecule has 0 heterocycles. The van der Waals surface area contributed by atoms with E-state index in [9.17, 15) is 0 Å². The molecule has 2 aromatic carbocycles. The van der Waals surface area contributed by atoms with Gasteiger partial charge in [0.15, 0.2) is 0 Å². The minimum atomic E-state index is 0.398. The van der Waals surface area contributed by atoms with Crippen LogP contribution < -0.4 is 11.1 Å². The van der Waals surface area contributed by atoms with Crippen molar-refractivity contribution < 1.29 is 0 Å². The van der Waals surface area contributed by atoms with Crippen LogP contribution in [0.5, 0.6) is 0 Å². The van der Waals surface area contributed by atoms with Crippen LogP contribution in [0.15, 0.2) is 40.9 Å². The van der Waals surface area contributed by atoms with Crippen LogP contribution in [-0.4, -0.2) is 4.99 Å². The van der Waals surface area contributed by atoms with Crippen molar-refractivity contribution in [3.63, 3.8) is 0 Å². The number of hydrogen-bond acceptors (Lipinski definition) is 2. The van der Waals surface area contributed by atoms with Crippen molar-refractivity contribution in [2.75, 3.05) is 5.32 Å². The fourth-order valence-corrected chi connectivity index (χ4v) is 2.39. The molecule has 0 radical (unpaired) electrons. The highest BCUT2D eigenvalue weighted by molar-refractivity contribution is 9.10. The summed E-state index contributed by atoms with van der Waals surface area (Å²) in [5, 5.41) is 3.41. The van der Waals surface area contributed by atoms with E-state index in [1.54, 1.807) is 0 Å². The molecule has 3 N–H and O–H groups in total. The van der Waals surface area contributed by atoms with Gasteiger partial charge in [-0.1, -0.05) is 40.3 Å². The van der Waals surface area contributed by atoms with Gasteiger partial charge >= 0.3 is 0 Å². The van der Waals surface area contributed by atoms with Crippen molar-refractivity contribution in [3.8, 4) is 0 Å². The summed E-state index contributed by atoms with van der Waals surface area (Å²) in [4.78, 5) is 0.398. The fraction of sp³-hybridized carbons (Fsp3) is 0.133. The van der Waals surface area contributed by atoms with E-state index in [0.29, 0.717) is 4.99 Å². The molecule has 0 fully saturated rings. The molecule has 0 bridgehead atoms. The van der Waals surface area contributed by atoms with Crippen LogP contribution in [0.1, 0.15) is 16.7 Å². The quantitative estimate of drug-likeness (QED) is 0.814. The summed E-state index contributed by atoms with van der Waals surface area (Å²) in [6.45, 7) is 4.10. The van der Waals surface area contributed by atoms with Gasteiger partial charge in [-0.2, -0.15) is 0 Å². The van der Waals surface area contributed by atoms with Crippen LogP contribution in [0.25, 0.3) is 0 Å². The summed E-state index contributed by atoms with van der Waals surface area (Å²) >= 11 is 8.58. The molecule has 2 nitrogen and oxygen atoms in total. The van der Waals surface area contributed by atoms with Gasteiger partial charge in [-0.3, -0.25) is 0 Å². The first kappa shape index (κ1) is 14.0. The van der Waals surface area contributed by atoms with E-state index in [1.165, 1.54) is 5.56 Å². The Bertz CT molecular complexity index is 638. The standard InChI is InChI=1S/C15H15BrN2S/c1-9-3-6-12(15(17)19)14(7-9)18-13-8-11(16)5-4-10(13)2/h3-8,18H,1-2H3,(H2,17,19). The highest BCUT2D eigenvalue weighted by Gasteiger charge is 2.07. The van der Waals surface area contributed by atoms with Gasteiger partial charge < -0.3 is 11.1 Å². The maximum absolute atomic E-state index is 5.77. The van der Waals surface area contributed by atoms with Gasteiger partial charge in [-0.25, -0.2) is 0 Å². The zero-order chi connectivity index (χ0) is 14.0. The van der Waals surface area contributed by atoms with Crippen LogP contribution in [0, 0.1) is 13.8 Å². The summed E-state index contributed by atoms with van der Waals surface area (Å²) in [5.74, 6) is 0. The number of nitrogens with one attached hydrogen (secondary N) is 1. The fourth-order valence-electron chi connectivity index (χ4n) is 1.85. The maximum atomic E-state index is 5.77. The van der Waals surface area contributed by atoms with Crippen LogP contribution in [0.2, 0.25) is 0 Å². The Labute approximate surface area is 127 Å². The topological polar surface area (TPSA) is 38.0 Å². The highest BCUT2D eigenvalue weighted by atomic mass is 79.9. The molecule has 0 amide bonds. The van der Waals surface area contributed by atoms with Crippen molar-refractivity contribution in [2.24, 2.45) is 5.73 Å². The van der Waals surface area contributed by atoms with E-state index in [1.807, 2.05) is 31.2 Å². The van der Waals surface area contributed by atoms with E-state index < -0.39 is 0 Å². The van der Waals surface area contributed by atoms with Crippen LogP contribution >= 0.6 is 28.1 Å². The molecular weight excluding hydrogens is 320 g/mol. The molecule has 0 saturated carbocycles. The molecular formula is C15H15BrN2S. The number of nitrogens with two attached hydrogens (primary N) is 1. The monoisotopic (exact) mass is 334 g/mol. The smallest absolute Gasteiger partial charge is 0.106 e. The first-order chi connectivity index (χ1) is 8.97. The molecule has 0 unspecified atom stereocenters. The van der Waals surface area contributed by atoms with Gasteiger partial charge in [0.1, 0.15) is 4.99 Å². The summed E-state index contributed by atoms with van der Waals surface area (Å²) in [6, 6.07) is 12.1. The Morgan fingerprint density at radius 3 is 2.53 bits per heavy atom. The SMILES string of the molecule is Cc1ccc(C(N)=S)c(Nc2cc(Br)ccc2C)c1. The maximum Gasteiger partial charge on any atom is 0.106 e. The predicted octanol–water partition coefficient (Wildman–Crippen LogP) is 4.44. The Kier molecular flexibility index (Phi) is 4.22. The second kappa shape index (κ2) is 5.72. The summed E-state index contributed by atoms with van der Waals surface area (Å²) in [7, 11) is 0. The summed E-state index contributed by atoms with van der Waals surface area (Å²) in [5.41, 5.74) is 10.9. The lowest BCUT2D eigenvalue weighted by atomic mass is 10.1. The van der Waals surface area contributed by atoms with E-state index in [-0.39, 0.29) is 0 Å². The Hall–Kier alpha value is -1.39. The van der Waals surface area contributed by atoms with E-state index in [4.69, 9.17) is 18.0 Å². The first-order valence-corrected chi connectivity index (χ1v) is 7.11. The second-order valence-corrected chi connectivity index (χ2v) is 5.85. The molecule has 0 saturated heterocycles. The molecule has 0 aromatic heterocycles. The molecule has 98 valence electrons. The zero-order valence-electron chi connectivity index (χ0n) is 10.8. The lowest BCUT2D eigenvalue weighted by Crippen LogP contribution is -2.12. The van der Waals surface area contributed by atoms with Gasteiger partial charge in [0.2, 0.25) is 0 Å². The predicted molar refractivity (Wildman–Crippen MR) is 89.2 cm³/mol. The third-order valence-electron chi connectivity index (χ3n) is 2.91. The Morgan fingerprint density at radius 2 is 1.84 bits per heavy atom. The third-order valence-corrected chi connectivity index (χ3v) is 3.62. The second-order valence-electron chi connectivity index (χ2n) is 4.50. The van der Waals surface area contributed by atoms with Crippen LogP contribution in [0.4, 0.5) is 11.4 Å². The van der Waals surface area contributed by atoms with E-state index in [2.05, 4.69) is 40.3 Å². The molecule has 0 aliphatic carbocycles. The molecule has 2 aromatic rings. The van der Waals surface area contributed by atoms with Crippen molar-refractivity contribution in [1.29, 1.82) is 0 Å². The normalized spacial score (nSPS) is 10.3. The number of rotatable bonds is 3. The number of benzene rings is 2. The van der Waals surface area contributed by atoms with E-state index in [0.717, 1.165) is 27.0 Å². The van der Waals surface area contributed by atoms with E-state index >= 15 is 0 Å². The minimum absolute atomic E-state index is 0.398. The Balaban J connectivity index is 2.45. The van der Waals surface area contributed by atoms with Crippen molar-refractivity contribution in [3.05, 3.63) is 57.6 Å². The highest BCUT2D eigenvalue weighted by Crippen LogP contribution is 2.27. The molecule has 0 aliphatic heterocycles. The number of hydrogen-bond donors (Lipinski definition) is 2. The van der Waals surface area contributed by atoms with Gasteiger partial charge in [0.25, 0.3) is 0 Å². The van der Waals surface area contributed by atoms with Crippen LogP contribution in [0.3, 0.4) is 0 Å². The average Bonchev–Trinajstić information content (AvgIpc) is 2.33. The molecule has 4 heteroatoms. The summed E-state index contributed by atoms with van der Waals surface area (Å²) in [6.07, 6.45) is 0. The van der Waals surface area contributed by atoms with Gasteiger partial charge in [-0.05, 0) is 49.2 Å². The molecule has 19 heavy (non-hydrogen) atoms. The van der Waals surface area contributed by atoms with Crippen LogP contribution in [-0.2, 0) is 0 Å².